The number of ether oxygens (including phenoxy) is 4. The van der Waals surface area contributed by atoms with Gasteiger partial charge in [-0.2, -0.15) is 0 Å². The van der Waals surface area contributed by atoms with Gasteiger partial charge in [0.05, 0.1) is 25.3 Å². The van der Waals surface area contributed by atoms with Gasteiger partial charge in [-0.25, -0.2) is 0 Å². The fourth-order valence-electron chi connectivity index (χ4n) is 4.83. The molecule has 0 aliphatic carbocycles. The molecular formula is C30H29NO7. The Hall–Kier alpha value is -4.46. The monoisotopic (exact) mass is 515 g/mol. The molecule has 1 N–H and O–H groups in total. The van der Waals surface area contributed by atoms with E-state index in [2.05, 4.69) is 0 Å². The average molecular weight is 516 g/mol. The molecule has 0 bridgehead atoms. The van der Waals surface area contributed by atoms with Crippen LogP contribution in [-0.2, 0) is 16.0 Å². The normalized spacial score (nSPS) is 17.9. The molecular weight excluding hydrogens is 486 g/mol. The van der Waals surface area contributed by atoms with Gasteiger partial charge in [0.15, 0.2) is 23.0 Å². The highest BCUT2D eigenvalue weighted by atomic mass is 16.6. The van der Waals surface area contributed by atoms with Gasteiger partial charge in [0.25, 0.3) is 11.7 Å². The van der Waals surface area contributed by atoms with Crippen molar-refractivity contribution in [1.82, 2.24) is 4.90 Å². The Morgan fingerprint density at radius 3 is 2.47 bits per heavy atom. The van der Waals surface area contributed by atoms with E-state index in [0.717, 1.165) is 5.56 Å². The number of amides is 1. The molecule has 2 aliphatic heterocycles. The summed E-state index contributed by atoms with van der Waals surface area (Å²) in [5.41, 5.74) is 2.02. The minimum Gasteiger partial charge on any atom is -0.507 e. The molecule has 2 aliphatic rings. The molecule has 2 heterocycles. The van der Waals surface area contributed by atoms with E-state index >= 15 is 0 Å². The number of fused-ring (bicyclic) bond motifs is 1. The molecule has 1 amide bonds. The third kappa shape index (κ3) is 4.77. The van der Waals surface area contributed by atoms with Gasteiger partial charge in [-0.3, -0.25) is 9.59 Å². The van der Waals surface area contributed by atoms with Crippen LogP contribution in [0.1, 0.15) is 29.7 Å². The Bertz CT molecular complexity index is 1380. The molecule has 8 heteroatoms. The van der Waals surface area contributed by atoms with Crippen molar-refractivity contribution in [3.05, 3.63) is 89.0 Å². The van der Waals surface area contributed by atoms with E-state index in [0.29, 0.717) is 60.4 Å². The number of hydrogen-bond acceptors (Lipinski definition) is 7. The summed E-state index contributed by atoms with van der Waals surface area (Å²) in [4.78, 5) is 28.3. The number of rotatable bonds is 8. The van der Waals surface area contributed by atoms with Crippen molar-refractivity contribution in [1.29, 1.82) is 0 Å². The van der Waals surface area contributed by atoms with Crippen molar-refractivity contribution in [2.75, 3.05) is 33.5 Å². The number of Topliss-reactive ketones (excluding diaryl/α,β-unsaturated/α-hetero) is 1. The topological polar surface area (TPSA) is 94.5 Å². The van der Waals surface area contributed by atoms with Crippen LogP contribution >= 0.6 is 0 Å². The summed E-state index contributed by atoms with van der Waals surface area (Å²) in [6.45, 7) is 3.43. The maximum Gasteiger partial charge on any atom is 0.295 e. The van der Waals surface area contributed by atoms with Crippen LogP contribution in [0.2, 0.25) is 0 Å². The van der Waals surface area contributed by atoms with E-state index < -0.39 is 17.7 Å². The van der Waals surface area contributed by atoms with E-state index in [1.165, 1.54) is 12.0 Å². The highest BCUT2D eigenvalue weighted by Crippen LogP contribution is 2.43. The SMILES string of the molecule is CCOc1ccc(C2/C(=C(/O)c3ccc4c(c3)OCCO4)C(=O)C(=O)N2CCc2ccccc2)cc1OC. The van der Waals surface area contributed by atoms with Crippen molar-refractivity contribution in [3.63, 3.8) is 0 Å². The summed E-state index contributed by atoms with van der Waals surface area (Å²) in [7, 11) is 1.53. The van der Waals surface area contributed by atoms with Crippen molar-refractivity contribution >= 4 is 17.4 Å². The van der Waals surface area contributed by atoms with Crippen LogP contribution in [-0.4, -0.2) is 55.2 Å². The second kappa shape index (κ2) is 10.9. The highest BCUT2D eigenvalue weighted by molar-refractivity contribution is 6.46. The maximum absolute atomic E-state index is 13.4. The fraction of sp³-hybridized carbons (Fsp3) is 0.267. The molecule has 0 saturated carbocycles. The number of benzene rings is 3. The van der Waals surface area contributed by atoms with Crippen LogP contribution in [0.15, 0.2) is 72.3 Å². The van der Waals surface area contributed by atoms with Gasteiger partial charge in [0.1, 0.15) is 19.0 Å². The second-order valence-corrected chi connectivity index (χ2v) is 8.93. The van der Waals surface area contributed by atoms with E-state index in [-0.39, 0.29) is 17.9 Å². The average Bonchev–Trinajstić information content (AvgIpc) is 3.21. The third-order valence-electron chi connectivity index (χ3n) is 6.64. The number of aliphatic hydroxyl groups excluding tert-OH is 1. The van der Waals surface area contributed by atoms with Gasteiger partial charge >= 0.3 is 0 Å². The summed E-state index contributed by atoms with van der Waals surface area (Å²) in [5.74, 6) is 0.354. The second-order valence-electron chi connectivity index (χ2n) is 8.93. The Morgan fingerprint density at radius 1 is 0.974 bits per heavy atom. The molecule has 38 heavy (non-hydrogen) atoms. The van der Waals surface area contributed by atoms with E-state index in [1.807, 2.05) is 37.3 Å². The zero-order chi connectivity index (χ0) is 26.6. The van der Waals surface area contributed by atoms with Crippen molar-refractivity contribution in [2.24, 2.45) is 0 Å². The van der Waals surface area contributed by atoms with Crippen LogP contribution in [0, 0.1) is 0 Å². The number of likely N-dealkylation sites (tertiary alicyclic amines) is 1. The van der Waals surface area contributed by atoms with Gasteiger partial charge in [0.2, 0.25) is 0 Å². The molecule has 3 aromatic carbocycles. The smallest absolute Gasteiger partial charge is 0.295 e. The quantitative estimate of drug-likeness (QED) is 0.268. The summed E-state index contributed by atoms with van der Waals surface area (Å²) in [5, 5.41) is 11.4. The first-order valence-corrected chi connectivity index (χ1v) is 12.5. The Balaban J connectivity index is 1.60. The molecule has 0 radical (unpaired) electrons. The number of carbonyl (C=O) groups is 2. The van der Waals surface area contributed by atoms with Crippen molar-refractivity contribution in [3.8, 4) is 23.0 Å². The predicted molar refractivity (Wildman–Crippen MR) is 141 cm³/mol. The first-order chi connectivity index (χ1) is 18.5. The lowest BCUT2D eigenvalue weighted by Crippen LogP contribution is -2.31. The molecule has 0 spiro atoms. The summed E-state index contributed by atoms with van der Waals surface area (Å²) >= 11 is 0. The third-order valence-corrected chi connectivity index (χ3v) is 6.64. The molecule has 196 valence electrons. The van der Waals surface area contributed by atoms with Crippen LogP contribution in [0.25, 0.3) is 5.76 Å². The Labute approximate surface area is 221 Å². The number of nitrogens with zero attached hydrogens (tertiary/aromatic N) is 1. The number of carbonyl (C=O) groups excluding carboxylic acids is 2. The minimum absolute atomic E-state index is 0.00551. The van der Waals surface area contributed by atoms with Crippen LogP contribution in [0.4, 0.5) is 0 Å². The number of hydrogen-bond donors (Lipinski definition) is 1. The summed E-state index contributed by atoms with van der Waals surface area (Å²) in [6.07, 6.45) is 0.544. The van der Waals surface area contributed by atoms with Crippen molar-refractivity contribution in [2.45, 2.75) is 19.4 Å². The molecule has 5 rings (SSSR count). The van der Waals surface area contributed by atoms with Gasteiger partial charge in [0, 0.05) is 12.1 Å². The van der Waals surface area contributed by atoms with E-state index in [1.54, 1.807) is 36.4 Å². The lowest BCUT2D eigenvalue weighted by Gasteiger charge is -2.26. The minimum atomic E-state index is -0.823. The first-order valence-electron chi connectivity index (χ1n) is 12.5. The number of ketones is 1. The Kier molecular flexibility index (Phi) is 7.22. The Morgan fingerprint density at radius 2 is 1.74 bits per heavy atom. The molecule has 1 unspecified atom stereocenters. The lowest BCUT2D eigenvalue weighted by atomic mass is 9.94. The zero-order valence-electron chi connectivity index (χ0n) is 21.3. The summed E-state index contributed by atoms with van der Waals surface area (Å²) in [6, 6.07) is 19.1. The molecule has 0 aromatic heterocycles. The van der Waals surface area contributed by atoms with Crippen LogP contribution in [0.5, 0.6) is 23.0 Å². The molecule has 1 fully saturated rings. The first kappa shape index (κ1) is 25.2. The molecule has 8 nitrogen and oxygen atoms in total. The van der Waals surface area contributed by atoms with E-state index in [9.17, 15) is 14.7 Å². The van der Waals surface area contributed by atoms with Gasteiger partial charge in [-0.15, -0.1) is 0 Å². The van der Waals surface area contributed by atoms with Crippen LogP contribution in [0.3, 0.4) is 0 Å². The van der Waals surface area contributed by atoms with Gasteiger partial charge in [-0.05, 0) is 54.8 Å². The van der Waals surface area contributed by atoms with Crippen molar-refractivity contribution < 1.29 is 33.6 Å². The fourth-order valence-corrected chi connectivity index (χ4v) is 4.83. The van der Waals surface area contributed by atoms with Gasteiger partial charge in [-0.1, -0.05) is 36.4 Å². The zero-order valence-corrected chi connectivity index (χ0v) is 21.3. The number of methoxy groups -OCH3 is 1. The predicted octanol–water partition coefficient (Wildman–Crippen LogP) is 4.53. The maximum atomic E-state index is 13.4. The lowest BCUT2D eigenvalue weighted by molar-refractivity contribution is -0.139. The highest BCUT2D eigenvalue weighted by Gasteiger charge is 2.46. The summed E-state index contributed by atoms with van der Waals surface area (Å²) < 4.78 is 22.4. The molecule has 3 aromatic rings. The molecule has 1 saturated heterocycles. The van der Waals surface area contributed by atoms with Gasteiger partial charge < -0.3 is 29.0 Å². The number of aliphatic hydroxyl groups is 1. The molecule has 1 atom stereocenters. The van der Waals surface area contributed by atoms with E-state index in [4.69, 9.17) is 18.9 Å². The standard InChI is InChI=1S/C30H29NO7/c1-3-36-22-11-9-20(17-24(22)35-2)27-26(28(32)21-10-12-23-25(18-21)38-16-15-37-23)29(33)30(34)31(27)14-13-19-7-5-4-6-8-19/h4-12,17-18,27,32H,3,13-16H2,1-2H3/b28-26-. The largest absolute Gasteiger partial charge is 0.507 e. The van der Waals surface area contributed by atoms with Crippen LogP contribution < -0.4 is 18.9 Å².